The van der Waals surface area contributed by atoms with Gasteiger partial charge in [0.1, 0.15) is 5.75 Å². The monoisotopic (exact) mass is 561 g/mol. The molecule has 1 saturated heterocycles. The van der Waals surface area contributed by atoms with E-state index in [1.165, 1.54) is 36.4 Å². The fourth-order valence-electron chi connectivity index (χ4n) is 3.13. The van der Waals surface area contributed by atoms with E-state index in [-0.39, 0.29) is 34.1 Å². The summed E-state index contributed by atoms with van der Waals surface area (Å²) in [5, 5.41) is 17.5. The maximum Gasteiger partial charge on any atom is 0.416 e. The van der Waals surface area contributed by atoms with Crippen molar-refractivity contribution in [1.82, 2.24) is 4.90 Å². The Kier molecular flexibility index (Phi) is 7.08. The average Bonchev–Trinajstić information content (AvgIpc) is 3.08. The molecule has 1 aliphatic heterocycles. The molecule has 1 fully saturated rings. The van der Waals surface area contributed by atoms with E-state index in [9.17, 15) is 27.9 Å². The number of azo groups is 1. The number of thioether (sulfide) groups is 1. The van der Waals surface area contributed by atoms with Gasteiger partial charge < -0.3 is 5.11 Å². The number of halogens is 4. The Morgan fingerprint density at radius 2 is 1.66 bits per heavy atom. The molecule has 3 aromatic carbocycles. The molecule has 0 atom stereocenters. The highest BCUT2D eigenvalue weighted by molar-refractivity contribution is 9.10. The van der Waals surface area contributed by atoms with Gasteiger partial charge in [-0.3, -0.25) is 14.5 Å². The quantitative estimate of drug-likeness (QED) is 0.254. The molecule has 2 amide bonds. The van der Waals surface area contributed by atoms with Crippen LogP contribution < -0.4 is 0 Å². The standard InChI is InChI=1S/C24H15BrF3N3O3S/c25-17-6-4-14(5-7-17)13-31-22(33)21(35-23(31)34)11-15-10-19(8-9-20(15)32)30-29-18-3-1-2-16(12-18)24(26,27)28/h1-12,32H,13H2/b21-11-,30-29?. The Morgan fingerprint density at radius 3 is 2.34 bits per heavy atom. The van der Waals surface area contributed by atoms with E-state index >= 15 is 0 Å². The van der Waals surface area contributed by atoms with E-state index < -0.39 is 22.9 Å². The van der Waals surface area contributed by atoms with Crippen LogP contribution in [-0.2, 0) is 17.5 Å². The number of phenols is 1. The minimum atomic E-state index is -4.50. The molecule has 35 heavy (non-hydrogen) atoms. The van der Waals surface area contributed by atoms with Crippen LogP contribution in [0.4, 0.5) is 29.3 Å². The second kappa shape index (κ2) is 10.0. The molecule has 3 aromatic rings. The number of nitrogens with zero attached hydrogens (tertiary/aromatic N) is 3. The number of hydrogen-bond acceptors (Lipinski definition) is 6. The minimum absolute atomic E-state index is 0.00325. The number of rotatable bonds is 5. The SMILES string of the molecule is O=C1S/C(=C\c2cc(N=Nc3cccc(C(F)(F)F)c3)ccc2O)C(=O)N1Cc1ccc(Br)cc1. The largest absolute Gasteiger partial charge is 0.507 e. The van der Waals surface area contributed by atoms with Crippen LogP contribution >= 0.6 is 27.7 Å². The molecule has 11 heteroatoms. The smallest absolute Gasteiger partial charge is 0.416 e. The molecular formula is C24H15BrF3N3O3S. The van der Waals surface area contributed by atoms with Gasteiger partial charge in [-0.1, -0.05) is 34.1 Å². The predicted molar refractivity (Wildman–Crippen MR) is 129 cm³/mol. The zero-order valence-corrected chi connectivity index (χ0v) is 20.1. The molecule has 6 nitrogen and oxygen atoms in total. The van der Waals surface area contributed by atoms with Crippen LogP contribution in [0.5, 0.6) is 5.75 Å². The van der Waals surface area contributed by atoms with E-state index in [0.717, 1.165) is 38.8 Å². The highest BCUT2D eigenvalue weighted by Crippen LogP contribution is 2.36. The van der Waals surface area contributed by atoms with Crippen LogP contribution in [0.15, 0.2) is 86.3 Å². The highest BCUT2D eigenvalue weighted by Gasteiger charge is 2.35. The van der Waals surface area contributed by atoms with E-state index in [1.807, 2.05) is 12.1 Å². The molecule has 0 aromatic heterocycles. The number of carbonyl (C=O) groups excluding carboxylic acids is 2. The van der Waals surface area contributed by atoms with Gasteiger partial charge in [-0.25, -0.2) is 0 Å². The van der Waals surface area contributed by atoms with Crippen LogP contribution in [0.3, 0.4) is 0 Å². The maximum absolute atomic E-state index is 12.9. The fourth-order valence-corrected chi connectivity index (χ4v) is 4.22. The lowest BCUT2D eigenvalue weighted by Gasteiger charge is -2.12. The zero-order valence-electron chi connectivity index (χ0n) is 17.7. The van der Waals surface area contributed by atoms with Crippen LogP contribution in [-0.4, -0.2) is 21.2 Å². The minimum Gasteiger partial charge on any atom is -0.507 e. The number of amides is 2. The van der Waals surface area contributed by atoms with Crippen molar-refractivity contribution in [3.63, 3.8) is 0 Å². The molecule has 0 aliphatic carbocycles. The third-order valence-electron chi connectivity index (χ3n) is 4.88. The first-order chi connectivity index (χ1) is 16.6. The third kappa shape index (κ3) is 5.98. The van der Waals surface area contributed by atoms with Crippen molar-refractivity contribution in [3.8, 4) is 5.75 Å². The van der Waals surface area contributed by atoms with Crippen LogP contribution in [0.2, 0.25) is 0 Å². The Morgan fingerprint density at radius 1 is 0.971 bits per heavy atom. The lowest BCUT2D eigenvalue weighted by molar-refractivity contribution is -0.137. The van der Waals surface area contributed by atoms with Crippen molar-refractivity contribution in [1.29, 1.82) is 0 Å². The second-order valence-electron chi connectivity index (χ2n) is 7.39. The van der Waals surface area contributed by atoms with E-state index in [2.05, 4.69) is 26.2 Å². The van der Waals surface area contributed by atoms with Crippen molar-refractivity contribution in [2.45, 2.75) is 12.7 Å². The highest BCUT2D eigenvalue weighted by atomic mass is 79.9. The summed E-state index contributed by atoms with van der Waals surface area (Å²) in [6.45, 7) is 0.104. The van der Waals surface area contributed by atoms with E-state index in [1.54, 1.807) is 12.1 Å². The summed E-state index contributed by atoms with van der Waals surface area (Å²) in [4.78, 5) is 26.4. The summed E-state index contributed by atoms with van der Waals surface area (Å²) in [7, 11) is 0. The summed E-state index contributed by atoms with van der Waals surface area (Å²) < 4.78 is 39.5. The number of alkyl halides is 3. The fraction of sp³-hybridized carbons (Fsp3) is 0.0833. The summed E-state index contributed by atoms with van der Waals surface area (Å²) in [6.07, 6.45) is -3.14. The van der Waals surface area contributed by atoms with Crippen molar-refractivity contribution in [2.24, 2.45) is 10.2 Å². The molecule has 0 radical (unpaired) electrons. The number of carbonyl (C=O) groups is 2. The molecule has 0 spiro atoms. The van der Waals surface area contributed by atoms with Gasteiger partial charge in [0, 0.05) is 10.0 Å². The van der Waals surface area contributed by atoms with Crippen molar-refractivity contribution in [2.75, 3.05) is 0 Å². The zero-order chi connectivity index (χ0) is 25.2. The molecule has 1 aliphatic rings. The molecule has 1 N–H and O–H groups in total. The molecule has 0 saturated carbocycles. The number of imide groups is 1. The number of benzene rings is 3. The average molecular weight is 562 g/mol. The second-order valence-corrected chi connectivity index (χ2v) is 9.29. The number of hydrogen-bond donors (Lipinski definition) is 1. The normalized spacial score (nSPS) is 15.5. The third-order valence-corrected chi connectivity index (χ3v) is 6.32. The van der Waals surface area contributed by atoms with Gasteiger partial charge in [0.05, 0.1) is 28.4 Å². The lowest BCUT2D eigenvalue weighted by Crippen LogP contribution is -2.27. The Balaban J connectivity index is 1.54. The summed E-state index contributed by atoms with van der Waals surface area (Å²) >= 11 is 4.08. The van der Waals surface area contributed by atoms with Crippen LogP contribution in [0.1, 0.15) is 16.7 Å². The molecule has 1 heterocycles. The number of phenolic OH excluding ortho intramolecular Hbond substituents is 1. The maximum atomic E-state index is 12.9. The molecule has 178 valence electrons. The van der Waals surface area contributed by atoms with E-state index in [0.29, 0.717) is 0 Å². The lowest BCUT2D eigenvalue weighted by atomic mass is 10.1. The molecule has 0 unspecified atom stereocenters. The van der Waals surface area contributed by atoms with Gasteiger partial charge in [0.25, 0.3) is 11.1 Å². The van der Waals surface area contributed by atoms with Gasteiger partial charge in [-0.15, -0.1) is 0 Å². The van der Waals surface area contributed by atoms with Gasteiger partial charge >= 0.3 is 6.18 Å². The Bertz CT molecular complexity index is 1360. The Hall–Kier alpha value is -3.44. The topological polar surface area (TPSA) is 82.3 Å². The first-order valence-electron chi connectivity index (χ1n) is 10.0. The Labute approximate surface area is 210 Å². The predicted octanol–water partition coefficient (Wildman–Crippen LogP) is 7.83. The van der Waals surface area contributed by atoms with Crippen molar-refractivity contribution in [3.05, 3.63) is 92.8 Å². The van der Waals surface area contributed by atoms with Crippen molar-refractivity contribution < 1.29 is 27.9 Å². The van der Waals surface area contributed by atoms with Gasteiger partial charge in [-0.05, 0) is 71.9 Å². The summed E-state index contributed by atoms with van der Waals surface area (Å²) in [5.74, 6) is -0.666. The first kappa shape index (κ1) is 24.7. The van der Waals surface area contributed by atoms with Gasteiger partial charge in [0.15, 0.2) is 0 Å². The van der Waals surface area contributed by atoms with Crippen molar-refractivity contribution >= 4 is 56.3 Å². The number of aromatic hydroxyl groups is 1. The molecule has 0 bridgehead atoms. The van der Waals surface area contributed by atoms with Gasteiger partial charge in [0.2, 0.25) is 0 Å². The van der Waals surface area contributed by atoms with Gasteiger partial charge in [-0.2, -0.15) is 23.4 Å². The molecular weight excluding hydrogens is 547 g/mol. The van der Waals surface area contributed by atoms with Crippen LogP contribution in [0.25, 0.3) is 6.08 Å². The van der Waals surface area contributed by atoms with Crippen LogP contribution in [0, 0.1) is 0 Å². The van der Waals surface area contributed by atoms with E-state index in [4.69, 9.17) is 0 Å². The molecule has 4 rings (SSSR count). The summed E-state index contributed by atoms with van der Waals surface area (Å²) in [5.41, 5.74) is 0.375. The summed E-state index contributed by atoms with van der Waals surface area (Å²) in [6, 6.07) is 15.8. The first-order valence-corrected chi connectivity index (χ1v) is 11.6.